The maximum atomic E-state index is 4.31. The second-order valence-electron chi connectivity index (χ2n) is 6.09. The molecule has 1 fully saturated rings. The molecule has 1 N–H and O–H groups in total. The molecule has 3 nitrogen and oxygen atoms in total. The monoisotopic (exact) mass is 283 g/mol. The number of aromatic nitrogens is 1. The number of nitrogens with one attached hydrogen (secondary N) is 1. The number of pyridine rings is 1. The van der Waals surface area contributed by atoms with Gasteiger partial charge >= 0.3 is 0 Å². The van der Waals surface area contributed by atoms with E-state index in [1.807, 2.05) is 12.4 Å². The summed E-state index contributed by atoms with van der Waals surface area (Å²) in [6, 6.07) is 9.90. The first kappa shape index (κ1) is 14.3. The highest BCUT2D eigenvalue weighted by atomic mass is 15.2. The van der Waals surface area contributed by atoms with Crippen molar-refractivity contribution in [2.24, 2.45) is 0 Å². The number of hydrogen-bond donors (Lipinski definition) is 1. The molecule has 0 saturated carbocycles. The van der Waals surface area contributed by atoms with Crippen molar-refractivity contribution in [3.05, 3.63) is 36.7 Å². The molecule has 1 aliphatic rings. The first-order valence-corrected chi connectivity index (χ1v) is 8.12. The Kier molecular flexibility index (Phi) is 4.39. The molecule has 1 aromatic carbocycles. The van der Waals surface area contributed by atoms with Crippen LogP contribution in [0.5, 0.6) is 0 Å². The Labute approximate surface area is 127 Å². The van der Waals surface area contributed by atoms with Crippen LogP contribution in [-0.2, 0) is 0 Å². The molecule has 112 valence electrons. The van der Waals surface area contributed by atoms with Crippen LogP contribution in [-0.4, -0.2) is 30.2 Å². The minimum atomic E-state index is 0.568. The van der Waals surface area contributed by atoms with Gasteiger partial charge in [0.15, 0.2) is 0 Å². The normalized spacial score (nSPS) is 22.7. The number of rotatable bonds is 4. The Morgan fingerprint density at radius 3 is 3.05 bits per heavy atom. The van der Waals surface area contributed by atoms with E-state index in [0.717, 1.165) is 13.1 Å². The second-order valence-corrected chi connectivity index (χ2v) is 6.09. The lowest BCUT2D eigenvalue weighted by atomic mass is 9.96. The van der Waals surface area contributed by atoms with Gasteiger partial charge in [-0.2, -0.15) is 0 Å². The van der Waals surface area contributed by atoms with E-state index in [-0.39, 0.29) is 0 Å². The molecule has 2 heterocycles. The molecule has 1 saturated heterocycles. The van der Waals surface area contributed by atoms with E-state index in [1.54, 1.807) is 0 Å². The van der Waals surface area contributed by atoms with Crippen LogP contribution in [0.25, 0.3) is 10.8 Å². The van der Waals surface area contributed by atoms with Crippen molar-refractivity contribution in [3.8, 4) is 0 Å². The molecule has 3 heteroatoms. The number of anilines is 1. The molecule has 21 heavy (non-hydrogen) atoms. The minimum absolute atomic E-state index is 0.568. The largest absolute Gasteiger partial charge is 0.368 e. The van der Waals surface area contributed by atoms with Crippen LogP contribution in [0.15, 0.2) is 36.7 Å². The Morgan fingerprint density at radius 1 is 1.33 bits per heavy atom. The Morgan fingerprint density at radius 2 is 2.24 bits per heavy atom. The summed E-state index contributed by atoms with van der Waals surface area (Å²) in [4.78, 5) is 6.86. The molecule has 3 rings (SSSR count). The molecule has 1 aromatic heterocycles. The lowest BCUT2D eigenvalue weighted by molar-refractivity contribution is 0.369. The van der Waals surface area contributed by atoms with E-state index < -0.39 is 0 Å². The zero-order chi connectivity index (χ0) is 14.7. The van der Waals surface area contributed by atoms with Crippen molar-refractivity contribution in [3.63, 3.8) is 0 Å². The maximum absolute atomic E-state index is 4.31. The molecule has 0 radical (unpaired) electrons. The van der Waals surface area contributed by atoms with E-state index in [0.29, 0.717) is 12.1 Å². The zero-order valence-corrected chi connectivity index (χ0v) is 13.0. The number of nitrogens with zero attached hydrogens (tertiary/aromatic N) is 2. The fraction of sp³-hybridized carbons (Fsp3) is 0.500. The third kappa shape index (κ3) is 3.03. The van der Waals surface area contributed by atoms with Gasteiger partial charge in [0.25, 0.3) is 0 Å². The number of benzene rings is 1. The Balaban J connectivity index is 1.80. The SMILES string of the molecule is CCCNC1CCN(c2cccc3ccncc23)C(C)C1. The molecule has 1 aliphatic heterocycles. The highest BCUT2D eigenvalue weighted by molar-refractivity contribution is 5.93. The van der Waals surface area contributed by atoms with Gasteiger partial charge in [-0.1, -0.05) is 19.1 Å². The number of fused-ring (bicyclic) bond motifs is 1. The maximum Gasteiger partial charge on any atom is 0.0463 e. The molecule has 2 atom stereocenters. The van der Waals surface area contributed by atoms with Crippen molar-refractivity contribution in [1.29, 1.82) is 0 Å². The number of piperidine rings is 1. The summed E-state index contributed by atoms with van der Waals surface area (Å²) >= 11 is 0. The van der Waals surface area contributed by atoms with Crippen molar-refractivity contribution in [2.45, 2.75) is 45.2 Å². The predicted molar refractivity (Wildman–Crippen MR) is 89.9 cm³/mol. The lowest BCUT2D eigenvalue weighted by Crippen LogP contribution is -2.47. The van der Waals surface area contributed by atoms with Gasteiger partial charge in [0.2, 0.25) is 0 Å². The average Bonchev–Trinajstić information content (AvgIpc) is 2.53. The molecule has 0 bridgehead atoms. The van der Waals surface area contributed by atoms with Crippen LogP contribution in [0.4, 0.5) is 5.69 Å². The minimum Gasteiger partial charge on any atom is -0.368 e. The summed E-state index contributed by atoms with van der Waals surface area (Å²) in [7, 11) is 0. The smallest absolute Gasteiger partial charge is 0.0463 e. The zero-order valence-electron chi connectivity index (χ0n) is 13.0. The van der Waals surface area contributed by atoms with Crippen molar-refractivity contribution < 1.29 is 0 Å². The Bertz CT molecular complexity index is 591. The highest BCUT2D eigenvalue weighted by Gasteiger charge is 2.25. The van der Waals surface area contributed by atoms with Crippen LogP contribution in [0.1, 0.15) is 33.1 Å². The van der Waals surface area contributed by atoms with E-state index in [4.69, 9.17) is 0 Å². The average molecular weight is 283 g/mol. The third-order valence-corrected chi connectivity index (χ3v) is 4.53. The van der Waals surface area contributed by atoms with E-state index in [9.17, 15) is 0 Å². The molecule has 0 aliphatic carbocycles. The Hall–Kier alpha value is -1.61. The summed E-state index contributed by atoms with van der Waals surface area (Å²) in [6.45, 7) is 6.83. The predicted octanol–water partition coefficient (Wildman–Crippen LogP) is 3.59. The van der Waals surface area contributed by atoms with E-state index >= 15 is 0 Å². The molecule has 2 unspecified atom stereocenters. The van der Waals surface area contributed by atoms with Crippen molar-refractivity contribution >= 4 is 16.5 Å². The summed E-state index contributed by atoms with van der Waals surface area (Å²) in [5, 5.41) is 6.22. The summed E-state index contributed by atoms with van der Waals surface area (Å²) in [5.41, 5.74) is 1.34. The quantitative estimate of drug-likeness (QED) is 0.929. The van der Waals surface area contributed by atoms with Gasteiger partial charge in [-0.05, 0) is 50.2 Å². The van der Waals surface area contributed by atoms with Gasteiger partial charge in [-0.15, -0.1) is 0 Å². The van der Waals surface area contributed by atoms with Gasteiger partial charge in [0, 0.05) is 42.1 Å². The standard InChI is InChI=1S/C18H25N3/c1-3-9-20-16-8-11-21(14(2)12-16)18-6-4-5-15-7-10-19-13-17(15)18/h4-7,10,13-14,16,20H,3,8-9,11-12H2,1-2H3. The molecule has 0 spiro atoms. The van der Waals surface area contributed by atoms with Gasteiger partial charge in [-0.3, -0.25) is 4.98 Å². The van der Waals surface area contributed by atoms with Crippen LogP contribution < -0.4 is 10.2 Å². The van der Waals surface area contributed by atoms with Crippen LogP contribution >= 0.6 is 0 Å². The van der Waals surface area contributed by atoms with Gasteiger partial charge < -0.3 is 10.2 Å². The van der Waals surface area contributed by atoms with Crippen LogP contribution in [0.3, 0.4) is 0 Å². The van der Waals surface area contributed by atoms with Crippen molar-refractivity contribution in [2.75, 3.05) is 18.0 Å². The second kappa shape index (κ2) is 6.44. The molecular formula is C18H25N3. The topological polar surface area (TPSA) is 28.2 Å². The van der Waals surface area contributed by atoms with Gasteiger partial charge in [-0.25, -0.2) is 0 Å². The fourth-order valence-corrected chi connectivity index (χ4v) is 3.41. The lowest BCUT2D eigenvalue weighted by Gasteiger charge is -2.40. The number of hydrogen-bond acceptors (Lipinski definition) is 3. The van der Waals surface area contributed by atoms with E-state index in [1.165, 1.54) is 35.7 Å². The first-order chi connectivity index (χ1) is 10.3. The van der Waals surface area contributed by atoms with Crippen LogP contribution in [0, 0.1) is 0 Å². The van der Waals surface area contributed by atoms with E-state index in [2.05, 4.69) is 53.3 Å². The molecule has 2 aromatic rings. The van der Waals surface area contributed by atoms with Crippen molar-refractivity contribution in [1.82, 2.24) is 10.3 Å². The highest BCUT2D eigenvalue weighted by Crippen LogP contribution is 2.31. The fourth-order valence-electron chi connectivity index (χ4n) is 3.41. The summed E-state index contributed by atoms with van der Waals surface area (Å²) in [5.74, 6) is 0. The van der Waals surface area contributed by atoms with Gasteiger partial charge in [0.05, 0.1) is 0 Å². The van der Waals surface area contributed by atoms with Gasteiger partial charge in [0.1, 0.15) is 0 Å². The first-order valence-electron chi connectivity index (χ1n) is 8.12. The third-order valence-electron chi connectivity index (χ3n) is 4.53. The molecule has 0 amide bonds. The molecular weight excluding hydrogens is 258 g/mol. The van der Waals surface area contributed by atoms with Crippen LogP contribution in [0.2, 0.25) is 0 Å². The summed E-state index contributed by atoms with van der Waals surface area (Å²) < 4.78 is 0. The summed E-state index contributed by atoms with van der Waals surface area (Å²) in [6.07, 6.45) is 7.52.